The number of amides is 2. The van der Waals surface area contributed by atoms with Crippen molar-refractivity contribution in [1.29, 1.82) is 0 Å². The summed E-state index contributed by atoms with van der Waals surface area (Å²) in [5.74, 6) is 0.561. The van der Waals surface area contributed by atoms with Crippen LogP contribution in [0.4, 0.5) is 16.2 Å². The maximum absolute atomic E-state index is 13.1. The van der Waals surface area contributed by atoms with E-state index in [1.807, 2.05) is 50.2 Å². The van der Waals surface area contributed by atoms with Crippen molar-refractivity contribution >= 4 is 28.3 Å². The van der Waals surface area contributed by atoms with Crippen molar-refractivity contribution in [2.75, 3.05) is 23.3 Å². The Kier molecular flexibility index (Phi) is 6.33. The molecule has 5 nitrogen and oxygen atoms in total. The van der Waals surface area contributed by atoms with Gasteiger partial charge in [0.1, 0.15) is 0 Å². The summed E-state index contributed by atoms with van der Waals surface area (Å²) in [6.07, 6.45) is 4.52. The lowest BCUT2D eigenvalue weighted by molar-refractivity contribution is 0.172. The summed E-state index contributed by atoms with van der Waals surface area (Å²) in [6, 6.07) is 16.5. The number of H-pyrrole nitrogens is 1. The summed E-state index contributed by atoms with van der Waals surface area (Å²) < 4.78 is 0. The average molecular weight is 419 g/mol. The number of aromatic amines is 1. The number of likely N-dealkylation sites (tertiary alicyclic amines) is 1. The molecule has 2 heterocycles. The molecule has 31 heavy (non-hydrogen) atoms. The van der Waals surface area contributed by atoms with Crippen LogP contribution < -0.4 is 10.2 Å². The first-order valence-corrected chi connectivity index (χ1v) is 11.4. The third-order valence-corrected chi connectivity index (χ3v) is 6.43. The van der Waals surface area contributed by atoms with Crippen LogP contribution in [0.25, 0.3) is 10.9 Å². The number of rotatable bonds is 5. The van der Waals surface area contributed by atoms with Crippen molar-refractivity contribution in [2.45, 2.75) is 58.5 Å². The number of anilines is 2. The van der Waals surface area contributed by atoms with Crippen LogP contribution in [-0.2, 0) is 0 Å². The average Bonchev–Trinajstić information content (AvgIpc) is 3.17. The van der Waals surface area contributed by atoms with Gasteiger partial charge in [-0.15, -0.1) is 0 Å². The number of nitrogens with one attached hydrogen (secondary N) is 2. The van der Waals surface area contributed by atoms with Crippen LogP contribution in [0.15, 0.2) is 54.7 Å². The fraction of sp³-hybridized carbons (Fsp3) is 0.423. The van der Waals surface area contributed by atoms with Gasteiger partial charge in [-0.1, -0.05) is 18.2 Å². The van der Waals surface area contributed by atoms with E-state index in [4.69, 9.17) is 0 Å². The van der Waals surface area contributed by atoms with Gasteiger partial charge >= 0.3 is 6.03 Å². The number of nitrogens with zero attached hydrogens (tertiary/aromatic N) is 2. The van der Waals surface area contributed by atoms with Crippen molar-refractivity contribution in [3.63, 3.8) is 0 Å². The second kappa shape index (κ2) is 9.15. The lowest BCUT2D eigenvalue weighted by Gasteiger charge is -2.34. The maximum Gasteiger partial charge on any atom is 0.326 e. The summed E-state index contributed by atoms with van der Waals surface area (Å²) in [4.78, 5) is 20.9. The lowest BCUT2D eigenvalue weighted by atomic mass is 9.88. The summed E-state index contributed by atoms with van der Waals surface area (Å²) in [7, 11) is 0. The molecule has 0 aliphatic carbocycles. The fourth-order valence-electron chi connectivity index (χ4n) is 4.71. The Morgan fingerprint density at radius 1 is 1.06 bits per heavy atom. The molecule has 1 aliphatic rings. The summed E-state index contributed by atoms with van der Waals surface area (Å²) >= 11 is 0. The minimum atomic E-state index is -0.108. The van der Waals surface area contributed by atoms with E-state index in [-0.39, 0.29) is 12.1 Å². The standard InChI is InChI=1S/C26H34N4O/c1-18(2)29-14-12-20(13-15-29)24-17-27-25-11-10-21(16-23(24)25)28-26(31)30(19(3)4)22-8-6-5-7-9-22/h5-11,16-20,27H,12-15H2,1-4H3,(H,28,31). The van der Waals surface area contributed by atoms with Crippen molar-refractivity contribution in [3.05, 3.63) is 60.3 Å². The van der Waals surface area contributed by atoms with Crippen LogP contribution in [0.3, 0.4) is 0 Å². The lowest BCUT2D eigenvalue weighted by Crippen LogP contribution is -2.40. The number of hydrogen-bond acceptors (Lipinski definition) is 2. The van der Waals surface area contributed by atoms with Gasteiger partial charge in [0.15, 0.2) is 0 Å². The molecule has 4 rings (SSSR count). The third-order valence-electron chi connectivity index (χ3n) is 6.43. The molecule has 2 N–H and O–H groups in total. The zero-order chi connectivity index (χ0) is 22.0. The minimum Gasteiger partial charge on any atom is -0.361 e. The van der Waals surface area contributed by atoms with Crippen LogP contribution in [0.2, 0.25) is 0 Å². The fourth-order valence-corrected chi connectivity index (χ4v) is 4.71. The number of benzene rings is 2. The van der Waals surface area contributed by atoms with Crippen LogP contribution in [-0.4, -0.2) is 41.1 Å². The van der Waals surface area contributed by atoms with Crippen molar-refractivity contribution in [3.8, 4) is 0 Å². The van der Waals surface area contributed by atoms with Gasteiger partial charge in [-0.05, 0) is 95.4 Å². The molecule has 1 aromatic heterocycles. The zero-order valence-corrected chi connectivity index (χ0v) is 19.1. The van der Waals surface area contributed by atoms with Crippen LogP contribution in [0.5, 0.6) is 0 Å². The normalized spacial score (nSPS) is 15.7. The van der Waals surface area contributed by atoms with E-state index < -0.39 is 0 Å². The number of fused-ring (bicyclic) bond motifs is 1. The Morgan fingerprint density at radius 3 is 2.42 bits per heavy atom. The van der Waals surface area contributed by atoms with Gasteiger partial charge in [-0.2, -0.15) is 0 Å². The Hall–Kier alpha value is -2.79. The van der Waals surface area contributed by atoms with Crippen molar-refractivity contribution in [1.82, 2.24) is 9.88 Å². The number of carbonyl (C=O) groups excluding carboxylic acids is 1. The molecule has 1 fully saturated rings. The number of piperidine rings is 1. The number of hydrogen-bond donors (Lipinski definition) is 2. The van der Waals surface area contributed by atoms with Crippen LogP contribution in [0.1, 0.15) is 52.0 Å². The first-order chi connectivity index (χ1) is 14.9. The topological polar surface area (TPSA) is 51.4 Å². The van der Waals surface area contributed by atoms with Gasteiger partial charge in [0.25, 0.3) is 0 Å². The molecular weight excluding hydrogens is 384 g/mol. The van der Waals surface area contributed by atoms with E-state index in [0.717, 1.165) is 30.0 Å². The summed E-state index contributed by atoms with van der Waals surface area (Å²) in [6.45, 7) is 10.9. The molecule has 2 aromatic carbocycles. The monoisotopic (exact) mass is 418 g/mol. The predicted octanol–water partition coefficient (Wildman–Crippen LogP) is 6.20. The highest BCUT2D eigenvalue weighted by Gasteiger charge is 2.24. The molecule has 5 heteroatoms. The van der Waals surface area contributed by atoms with Gasteiger partial charge in [0.05, 0.1) is 0 Å². The van der Waals surface area contributed by atoms with Gasteiger partial charge in [-0.25, -0.2) is 4.79 Å². The second-order valence-corrected chi connectivity index (χ2v) is 9.14. The SMILES string of the molecule is CC(C)N1CCC(c2c[nH]c3ccc(NC(=O)N(c4ccccc4)C(C)C)cc23)CC1. The molecular formula is C26H34N4O. The van der Waals surface area contributed by atoms with E-state index >= 15 is 0 Å². The Morgan fingerprint density at radius 2 is 1.77 bits per heavy atom. The Balaban J connectivity index is 1.54. The van der Waals surface area contributed by atoms with E-state index in [2.05, 4.69) is 47.4 Å². The molecule has 0 unspecified atom stereocenters. The zero-order valence-electron chi connectivity index (χ0n) is 19.1. The van der Waals surface area contributed by atoms with E-state index in [1.54, 1.807) is 4.90 Å². The quantitative estimate of drug-likeness (QED) is 0.518. The van der Waals surface area contributed by atoms with E-state index in [0.29, 0.717) is 12.0 Å². The van der Waals surface area contributed by atoms with E-state index in [1.165, 1.54) is 23.8 Å². The van der Waals surface area contributed by atoms with Gasteiger partial charge < -0.3 is 15.2 Å². The van der Waals surface area contributed by atoms with Gasteiger partial charge in [0.2, 0.25) is 0 Å². The van der Waals surface area contributed by atoms with Crippen LogP contribution >= 0.6 is 0 Å². The molecule has 0 spiro atoms. The predicted molar refractivity (Wildman–Crippen MR) is 130 cm³/mol. The largest absolute Gasteiger partial charge is 0.361 e. The maximum atomic E-state index is 13.1. The third kappa shape index (κ3) is 4.62. The molecule has 0 atom stereocenters. The highest BCUT2D eigenvalue weighted by atomic mass is 16.2. The molecule has 1 aliphatic heterocycles. The Bertz CT molecular complexity index is 1020. The second-order valence-electron chi connectivity index (χ2n) is 9.14. The first kappa shape index (κ1) is 21.4. The van der Waals surface area contributed by atoms with Crippen LogP contribution in [0, 0.1) is 0 Å². The molecule has 0 bridgehead atoms. The Labute approximate surface area is 185 Å². The van der Waals surface area contributed by atoms with Gasteiger partial charge in [0, 0.05) is 40.6 Å². The number of aromatic nitrogens is 1. The van der Waals surface area contributed by atoms with E-state index in [9.17, 15) is 4.79 Å². The van der Waals surface area contributed by atoms with Crippen molar-refractivity contribution < 1.29 is 4.79 Å². The number of para-hydroxylation sites is 1. The van der Waals surface area contributed by atoms with Gasteiger partial charge in [-0.3, -0.25) is 4.90 Å². The first-order valence-electron chi connectivity index (χ1n) is 11.4. The molecule has 2 amide bonds. The minimum absolute atomic E-state index is 0.0556. The molecule has 164 valence electrons. The summed E-state index contributed by atoms with van der Waals surface area (Å²) in [5.41, 5.74) is 4.23. The molecule has 0 saturated carbocycles. The highest BCUT2D eigenvalue weighted by molar-refractivity contribution is 6.03. The highest BCUT2D eigenvalue weighted by Crippen LogP contribution is 2.35. The molecule has 0 radical (unpaired) electrons. The summed E-state index contributed by atoms with van der Waals surface area (Å²) in [5, 5.41) is 4.34. The smallest absolute Gasteiger partial charge is 0.326 e. The molecule has 3 aromatic rings. The number of carbonyl (C=O) groups is 1. The molecule has 1 saturated heterocycles. The van der Waals surface area contributed by atoms with Crippen molar-refractivity contribution in [2.24, 2.45) is 0 Å². The number of urea groups is 1.